The van der Waals surface area contributed by atoms with Gasteiger partial charge in [0.05, 0.1) is 6.61 Å². The first-order chi connectivity index (χ1) is 8.56. The van der Waals surface area contributed by atoms with E-state index in [1.54, 1.807) is 12.1 Å². The van der Waals surface area contributed by atoms with Crippen molar-refractivity contribution in [3.05, 3.63) is 35.4 Å². The summed E-state index contributed by atoms with van der Waals surface area (Å²) >= 11 is 0. The lowest BCUT2D eigenvalue weighted by atomic mass is 10.0. The summed E-state index contributed by atoms with van der Waals surface area (Å²) in [6.45, 7) is 2.08. The highest BCUT2D eigenvalue weighted by Gasteiger charge is 2.22. The average Bonchev–Trinajstić information content (AvgIpc) is 2.34. The van der Waals surface area contributed by atoms with Crippen molar-refractivity contribution in [3.63, 3.8) is 0 Å². The Morgan fingerprint density at radius 3 is 2.61 bits per heavy atom. The standard InChI is InChI=1S/C13H17NO4/c1-9-5-3-4-6-10(9)12(13(16)17)14-11(15)7-8-18-2/h3-6,12H,7-8H2,1-2H3,(H,14,15)(H,16,17). The van der Waals surface area contributed by atoms with Gasteiger partial charge >= 0.3 is 5.97 Å². The van der Waals surface area contributed by atoms with Gasteiger partial charge in [0.1, 0.15) is 0 Å². The van der Waals surface area contributed by atoms with Crippen molar-refractivity contribution in [1.29, 1.82) is 0 Å². The van der Waals surface area contributed by atoms with Crippen LogP contribution in [0, 0.1) is 6.92 Å². The second-order valence-electron chi connectivity index (χ2n) is 3.94. The molecule has 0 spiro atoms. The maximum atomic E-state index is 11.5. The summed E-state index contributed by atoms with van der Waals surface area (Å²) in [5.41, 5.74) is 1.42. The van der Waals surface area contributed by atoms with Gasteiger partial charge in [0.2, 0.25) is 5.91 Å². The Morgan fingerprint density at radius 1 is 1.39 bits per heavy atom. The van der Waals surface area contributed by atoms with Crippen LogP contribution in [0.5, 0.6) is 0 Å². The predicted octanol–water partition coefficient (Wildman–Crippen LogP) is 1.27. The lowest BCUT2D eigenvalue weighted by molar-refractivity contribution is -0.142. The summed E-state index contributed by atoms with van der Waals surface area (Å²) in [5.74, 6) is -1.41. The number of carbonyl (C=O) groups is 2. The number of hydrogen-bond donors (Lipinski definition) is 2. The van der Waals surface area contributed by atoms with Gasteiger partial charge in [-0.05, 0) is 18.1 Å². The first-order valence-corrected chi connectivity index (χ1v) is 5.63. The number of amides is 1. The van der Waals surface area contributed by atoms with Gasteiger partial charge in [0.15, 0.2) is 6.04 Å². The van der Waals surface area contributed by atoms with E-state index < -0.39 is 12.0 Å². The van der Waals surface area contributed by atoms with Crippen LogP contribution >= 0.6 is 0 Å². The highest BCUT2D eigenvalue weighted by molar-refractivity contribution is 5.84. The van der Waals surface area contributed by atoms with Gasteiger partial charge in [0, 0.05) is 13.5 Å². The number of hydrogen-bond acceptors (Lipinski definition) is 3. The molecule has 0 aliphatic rings. The molecule has 18 heavy (non-hydrogen) atoms. The Balaban J connectivity index is 2.81. The van der Waals surface area contributed by atoms with E-state index >= 15 is 0 Å². The maximum absolute atomic E-state index is 11.5. The van der Waals surface area contributed by atoms with E-state index in [0.29, 0.717) is 5.56 Å². The highest BCUT2D eigenvalue weighted by Crippen LogP contribution is 2.17. The van der Waals surface area contributed by atoms with Crippen molar-refractivity contribution in [2.45, 2.75) is 19.4 Å². The zero-order valence-corrected chi connectivity index (χ0v) is 10.5. The van der Waals surface area contributed by atoms with Crippen LogP contribution in [-0.4, -0.2) is 30.7 Å². The van der Waals surface area contributed by atoms with E-state index in [1.165, 1.54) is 7.11 Å². The Hall–Kier alpha value is -1.88. The van der Waals surface area contributed by atoms with Crippen LogP contribution in [0.3, 0.4) is 0 Å². The van der Waals surface area contributed by atoms with Gasteiger partial charge in [-0.1, -0.05) is 24.3 Å². The Bertz CT molecular complexity index is 431. The molecule has 0 saturated heterocycles. The average molecular weight is 251 g/mol. The second-order valence-corrected chi connectivity index (χ2v) is 3.94. The van der Waals surface area contributed by atoms with Crippen LogP contribution in [0.2, 0.25) is 0 Å². The van der Waals surface area contributed by atoms with Crippen LogP contribution < -0.4 is 5.32 Å². The monoisotopic (exact) mass is 251 g/mol. The molecule has 1 amide bonds. The molecule has 0 bridgehead atoms. The van der Waals surface area contributed by atoms with Crippen LogP contribution in [-0.2, 0) is 14.3 Å². The lowest BCUT2D eigenvalue weighted by Crippen LogP contribution is -2.34. The van der Waals surface area contributed by atoms with Gasteiger partial charge in [-0.3, -0.25) is 4.79 Å². The Labute approximate surface area is 106 Å². The van der Waals surface area contributed by atoms with Crippen LogP contribution in [0.25, 0.3) is 0 Å². The molecule has 1 atom stereocenters. The molecule has 1 aromatic carbocycles. The van der Waals surface area contributed by atoms with E-state index in [4.69, 9.17) is 4.74 Å². The summed E-state index contributed by atoms with van der Waals surface area (Å²) in [7, 11) is 1.49. The van der Waals surface area contributed by atoms with Gasteiger partial charge in [0.25, 0.3) is 0 Å². The van der Waals surface area contributed by atoms with Gasteiger partial charge in [-0.25, -0.2) is 4.79 Å². The number of carboxylic acids is 1. The van der Waals surface area contributed by atoms with Crippen molar-refractivity contribution in [1.82, 2.24) is 5.32 Å². The van der Waals surface area contributed by atoms with Crippen LogP contribution in [0.4, 0.5) is 0 Å². The fourth-order valence-electron chi connectivity index (χ4n) is 1.61. The molecule has 0 aliphatic carbocycles. The summed E-state index contributed by atoms with van der Waals surface area (Å²) in [5, 5.41) is 11.7. The molecule has 0 aromatic heterocycles. The van der Waals surface area contributed by atoms with E-state index in [-0.39, 0.29) is 18.9 Å². The normalized spacial score (nSPS) is 11.9. The van der Waals surface area contributed by atoms with Crippen molar-refractivity contribution < 1.29 is 19.4 Å². The smallest absolute Gasteiger partial charge is 0.330 e. The molecular weight excluding hydrogens is 234 g/mol. The van der Waals surface area contributed by atoms with Crippen molar-refractivity contribution in [2.75, 3.05) is 13.7 Å². The fourth-order valence-corrected chi connectivity index (χ4v) is 1.61. The fraction of sp³-hybridized carbons (Fsp3) is 0.385. The number of aryl methyl sites for hydroxylation is 1. The zero-order chi connectivity index (χ0) is 13.5. The lowest BCUT2D eigenvalue weighted by Gasteiger charge is -2.16. The number of ether oxygens (including phenoxy) is 1. The minimum absolute atomic E-state index is 0.145. The minimum atomic E-state index is -1.07. The van der Waals surface area contributed by atoms with Gasteiger partial charge in [-0.2, -0.15) is 0 Å². The number of benzene rings is 1. The van der Waals surface area contributed by atoms with Crippen LogP contribution in [0.1, 0.15) is 23.6 Å². The largest absolute Gasteiger partial charge is 0.479 e. The van der Waals surface area contributed by atoms with Gasteiger partial charge < -0.3 is 15.2 Å². The minimum Gasteiger partial charge on any atom is -0.479 e. The maximum Gasteiger partial charge on any atom is 0.330 e. The SMILES string of the molecule is COCCC(=O)NC(C(=O)O)c1ccccc1C. The topological polar surface area (TPSA) is 75.6 Å². The summed E-state index contributed by atoms with van der Waals surface area (Å²) in [6, 6.07) is 6.07. The van der Waals surface area contributed by atoms with Crippen molar-refractivity contribution >= 4 is 11.9 Å². The zero-order valence-electron chi connectivity index (χ0n) is 10.5. The highest BCUT2D eigenvalue weighted by atomic mass is 16.5. The molecule has 0 radical (unpaired) electrons. The third kappa shape index (κ3) is 3.85. The quantitative estimate of drug-likeness (QED) is 0.798. The first-order valence-electron chi connectivity index (χ1n) is 5.63. The van der Waals surface area contributed by atoms with Crippen molar-refractivity contribution in [2.24, 2.45) is 0 Å². The number of carboxylic acid groups (broad SMARTS) is 1. The second kappa shape index (κ2) is 6.76. The molecule has 1 unspecified atom stereocenters. The summed E-state index contributed by atoms with van der Waals surface area (Å²) in [4.78, 5) is 22.8. The Kier molecular flexibility index (Phi) is 5.32. The van der Waals surface area contributed by atoms with E-state index in [9.17, 15) is 14.7 Å². The molecule has 2 N–H and O–H groups in total. The third-order valence-corrected chi connectivity index (χ3v) is 2.58. The number of nitrogens with one attached hydrogen (secondary N) is 1. The molecule has 0 fully saturated rings. The molecule has 98 valence electrons. The number of carbonyl (C=O) groups excluding carboxylic acids is 1. The number of rotatable bonds is 6. The summed E-state index contributed by atoms with van der Waals surface area (Å²) < 4.78 is 4.78. The van der Waals surface area contributed by atoms with Gasteiger partial charge in [-0.15, -0.1) is 0 Å². The molecule has 5 heteroatoms. The number of methoxy groups -OCH3 is 1. The molecule has 5 nitrogen and oxygen atoms in total. The molecular formula is C13H17NO4. The van der Waals surface area contributed by atoms with E-state index in [0.717, 1.165) is 5.56 Å². The predicted molar refractivity (Wildman–Crippen MR) is 66.2 cm³/mol. The van der Waals surface area contributed by atoms with Crippen molar-refractivity contribution in [3.8, 4) is 0 Å². The first kappa shape index (κ1) is 14.2. The molecule has 0 heterocycles. The third-order valence-electron chi connectivity index (χ3n) is 2.58. The molecule has 0 saturated carbocycles. The number of aliphatic carboxylic acids is 1. The molecule has 1 rings (SSSR count). The van der Waals surface area contributed by atoms with Crippen LogP contribution in [0.15, 0.2) is 24.3 Å². The molecule has 1 aromatic rings. The Morgan fingerprint density at radius 2 is 2.06 bits per heavy atom. The van der Waals surface area contributed by atoms with E-state index in [2.05, 4.69) is 5.32 Å². The van der Waals surface area contributed by atoms with E-state index in [1.807, 2.05) is 19.1 Å². The molecule has 0 aliphatic heterocycles. The summed E-state index contributed by atoms with van der Waals surface area (Å²) in [6.07, 6.45) is 0.145.